The summed E-state index contributed by atoms with van der Waals surface area (Å²) in [4.78, 5) is 4.17. The highest BCUT2D eigenvalue weighted by Crippen LogP contribution is 2.16. The van der Waals surface area contributed by atoms with Gasteiger partial charge in [-0.1, -0.05) is 12.1 Å². The molecular weight excluding hydrogens is 257 g/mol. The molecule has 1 rings (SSSR count). The minimum Gasteiger partial charge on any atom is -0.375 e. The van der Waals surface area contributed by atoms with Gasteiger partial charge in [0.1, 0.15) is 5.82 Å². The molecule has 1 aromatic rings. The molecule has 0 bridgehead atoms. The van der Waals surface area contributed by atoms with E-state index < -0.39 is 0 Å². The van der Waals surface area contributed by atoms with Gasteiger partial charge in [-0.05, 0) is 38.5 Å². The minimum absolute atomic E-state index is 0.0692. The second-order valence-electron chi connectivity index (χ2n) is 5.60. The minimum atomic E-state index is -0.248. The number of benzene rings is 1. The second-order valence-corrected chi connectivity index (χ2v) is 5.60. The van der Waals surface area contributed by atoms with Crippen molar-refractivity contribution in [2.75, 3.05) is 20.7 Å². The molecule has 0 radical (unpaired) electrons. The Morgan fingerprint density at radius 2 is 1.90 bits per heavy atom. The number of hydrogen-bond acceptors (Lipinski definition) is 2. The molecular formula is C15H24FN3O. The van der Waals surface area contributed by atoms with Crippen LogP contribution >= 0.6 is 0 Å². The van der Waals surface area contributed by atoms with Gasteiger partial charge in [-0.2, -0.15) is 0 Å². The summed E-state index contributed by atoms with van der Waals surface area (Å²) < 4.78 is 18.4. The number of ether oxygens (including phenoxy) is 1. The molecule has 0 aromatic heterocycles. The number of aliphatic imine (C=N–C) groups is 1. The smallest absolute Gasteiger partial charge is 0.191 e. The molecule has 0 spiro atoms. The molecule has 20 heavy (non-hydrogen) atoms. The lowest BCUT2D eigenvalue weighted by Crippen LogP contribution is -2.48. The quantitative estimate of drug-likeness (QED) is 0.658. The van der Waals surface area contributed by atoms with E-state index in [1.165, 1.54) is 12.1 Å². The molecule has 0 saturated carbocycles. The van der Waals surface area contributed by atoms with Gasteiger partial charge in [-0.15, -0.1) is 0 Å². The highest BCUT2D eigenvalue weighted by atomic mass is 19.1. The summed E-state index contributed by atoms with van der Waals surface area (Å²) >= 11 is 0. The van der Waals surface area contributed by atoms with Crippen LogP contribution in [0.2, 0.25) is 0 Å². The number of guanidine groups is 1. The fourth-order valence-corrected chi connectivity index (χ4v) is 1.74. The van der Waals surface area contributed by atoms with Gasteiger partial charge in [0, 0.05) is 26.2 Å². The van der Waals surface area contributed by atoms with E-state index in [1.807, 2.05) is 0 Å². The Hall–Kier alpha value is -1.62. The first-order valence-electron chi connectivity index (χ1n) is 6.63. The second kappa shape index (κ2) is 7.24. The van der Waals surface area contributed by atoms with Crippen molar-refractivity contribution in [2.24, 2.45) is 4.99 Å². The monoisotopic (exact) mass is 281 g/mol. The maximum atomic E-state index is 12.9. The third-order valence-electron chi connectivity index (χ3n) is 2.70. The van der Waals surface area contributed by atoms with E-state index in [0.717, 1.165) is 5.56 Å². The molecule has 1 aromatic carbocycles. The summed E-state index contributed by atoms with van der Waals surface area (Å²) in [5.41, 5.74) is 0.855. The zero-order valence-corrected chi connectivity index (χ0v) is 12.8. The van der Waals surface area contributed by atoms with Crippen molar-refractivity contribution in [3.8, 4) is 0 Å². The van der Waals surface area contributed by atoms with Crippen molar-refractivity contribution >= 4 is 5.96 Å². The number of nitrogens with one attached hydrogen (secondary N) is 2. The van der Waals surface area contributed by atoms with Crippen LogP contribution in [-0.2, 0) is 4.74 Å². The molecule has 0 amide bonds. The van der Waals surface area contributed by atoms with Gasteiger partial charge in [-0.25, -0.2) is 4.39 Å². The lowest BCUT2D eigenvalue weighted by Gasteiger charge is -2.25. The standard InChI is InChI=1S/C15H24FN3O/c1-15(2,3)19-14(17-4)18-10-13(20-5)11-6-8-12(16)9-7-11/h6-9,13H,10H2,1-5H3,(H2,17,18,19). The average molecular weight is 281 g/mol. The lowest BCUT2D eigenvalue weighted by molar-refractivity contribution is 0.106. The normalized spacial score (nSPS) is 14.0. The molecule has 0 aliphatic carbocycles. The zero-order valence-electron chi connectivity index (χ0n) is 12.8. The molecule has 5 heteroatoms. The van der Waals surface area contributed by atoms with Crippen molar-refractivity contribution in [3.63, 3.8) is 0 Å². The van der Waals surface area contributed by atoms with Crippen LogP contribution in [0.5, 0.6) is 0 Å². The number of methoxy groups -OCH3 is 1. The Bertz CT molecular complexity index is 437. The maximum absolute atomic E-state index is 12.9. The zero-order chi connectivity index (χ0) is 15.2. The summed E-state index contributed by atoms with van der Waals surface area (Å²) in [5, 5.41) is 6.48. The number of halogens is 1. The summed E-state index contributed by atoms with van der Waals surface area (Å²) in [6.07, 6.45) is -0.158. The molecule has 4 nitrogen and oxygen atoms in total. The highest BCUT2D eigenvalue weighted by molar-refractivity contribution is 5.80. The van der Waals surface area contributed by atoms with E-state index in [2.05, 4.69) is 36.4 Å². The first-order chi connectivity index (χ1) is 9.35. The lowest BCUT2D eigenvalue weighted by atomic mass is 10.1. The average Bonchev–Trinajstić information content (AvgIpc) is 2.38. The predicted molar refractivity (Wildman–Crippen MR) is 80.4 cm³/mol. The fraction of sp³-hybridized carbons (Fsp3) is 0.533. The summed E-state index contributed by atoms with van der Waals surface area (Å²) in [6.45, 7) is 6.74. The van der Waals surface area contributed by atoms with Crippen LogP contribution in [0, 0.1) is 5.82 Å². The topological polar surface area (TPSA) is 45.7 Å². The molecule has 1 unspecified atom stereocenters. The summed E-state index contributed by atoms with van der Waals surface area (Å²) in [5.74, 6) is 0.462. The van der Waals surface area contributed by atoms with Crippen LogP contribution in [-0.4, -0.2) is 32.2 Å². The van der Waals surface area contributed by atoms with Crippen LogP contribution in [0.25, 0.3) is 0 Å². The van der Waals surface area contributed by atoms with Gasteiger partial charge < -0.3 is 15.4 Å². The molecule has 0 aliphatic heterocycles. The molecule has 0 fully saturated rings. The van der Waals surface area contributed by atoms with Crippen molar-refractivity contribution in [2.45, 2.75) is 32.4 Å². The van der Waals surface area contributed by atoms with Gasteiger partial charge in [0.15, 0.2) is 5.96 Å². The first kappa shape index (κ1) is 16.4. The molecule has 0 saturated heterocycles. The highest BCUT2D eigenvalue weighted by Gasteiger charge is 2.14. The Kier molecular flexibility index (Phi) is 5.95. The van der Waals surface area contributed by atoms with Gasteiger partial charge in [0.25, 0.3) is 0 Å². The number of hydrogen-bond donors (Lipinski definition) is 2. The van der Waals surface area contributed by atoms with E-state index in [1.54, 1.807) is 26.3 Å². The van der Waals surface area contributed by atoms with E-state index in [9.17, 15) is 4.39 Å². The molecule has 1 atom stereocenters. The number of nitrogens with zero attached hydrogens (tertiary/aromatic N) is 1. The van der Waals surface area contributed by atoms with Gasteiger partial charge in [-0.3, -0.25) is 4.99 Å². The van der Waals surface area contributed by atoms with Crippen molar-refractivity contribution in [1.82, 2.24) is 10.6 Å². The van der Waals surface area contributed by atoms with Crippen molar-refractivity contribution < 1.29 is 9.13 Å². The fourth-order valence-electron chi connectivity index (χ4n) is 1.74. The van der Waals surface area contributed by atoms with Gasteiger partial charge in [0.2, 0.25) is 0 Å². The third-order valence-corrected chi connectivity index (χ3v) is 2.70. The van der Waals surface area contributed by atoms with Crippen LogP contribution in [0.3, 0.4) is 0 Å². The molecule has 112 valence electrons. The van der Waals surface area contributed by atoms with E-state index in [0.29, 0.717) is 12.5 Å². The maximum Gasteiger partial charge on any atom is 0.191 e. The Morgan fingerprint density at radius 1 is 1.30 bits per heavy atom. The van der Waals surface area contributed by atoms with Gasteiger partial charge in [0.05, 0.1) is 6.10 Å². The summed E-state index contributed by atoms with van der Waals surface area (Å²) in [6, 6.07) is 6.32. The third kappa shape index (κ3) is 5.57. The van der Waals surface area contributed by atoms with E-state index >= 15 is 0 Å². The SMILES string of the molecule is CN=C(NCC(OC)c1ccc(F)cc1)NC(C)(C)C. The van der Waals surface area contributed by atoms with Crippen molar-refractivity contribution in [1.29, 1.82) is 0 Å². The number of rotatable bonds is 4. The Balaban J connectivity index is 2.63. The Labute approximate surface area is 120 Å². The van der Waals surface area contributed by atoms with Crippen LogP contribution in [0.15, 0.2) is 29.3 Å². The summed E-state index contributed by atoms with van der Waals surface area (Å²) in [7, 11) is 3.36. The Morgan fingerprint density at radius 3 is 2.35 bits per heavy atom. The molecule has 0 heterocycles. The largest absolute Gasteiger partial charge is 0.375 e. The van der Waals surface area contributed by atoms with E-state index in [-0.39, 0.29) is 17.5 Å². The van der Waals surface area contributed by atoms with Crippen LogP contribution in [0.4, 0.5) is 4.39 Å². The van der Waals surface area contributed by atoms with Crippen LogP contribution < -0.4 is 10.6 Å². The van der Waals surface area contributed by atoms with Crippen molar-refractivity contribution in [3.05, 3.63) is 35.6 Å². The molecule has 2 N–H and O–H groups in total. The molecule has 0 aliphatic rings. The van der Waals surface area contributed by atoms with E-state index in [4.69, 9.17) is 4.74 Å². The van der Waals surface area contributed by atoms with Crippen LogP contribution in [0.1, 0.15) is 32.4 Å². The van der Waals surface area contributed by atoms with Gasteiger partial charge >= 0.3 is 0 Å². The predicted octanol–water partition coefficient (Wildman–Crippen LogP) is 2.48. The first-order valence-corrected chi connectivity index (χ1v) is 6.63.